The smallest absolute Gasteiger partial charge is 0.317 e. The summed E-state index contributed by atoms with van der Waals surface area (Å²) >= 11 is 6.30. The summed E-state index contributed by atoms with van der Waals surface area (Å²) in [5, 5.41) is 0.503. The van der Waals surface area contributed by atoms with Crippen LogP contribution in [0.25, 0.3) is 0 Å². The zero-order chi connectivity index (χ0) is 19.5. The fourth-order valence-corrected chi connectivity index (χ4v) is 3.22. The zero-order valence-electron chi connectivity index (χ0n) is 16.1. The maximum absolute atomic E-state index is 12.9. The number of halogens is 1. The first-order chi connectivity index (χ1) is 12.1. The summed E-state index contributed by atoms with van der Waals surface area (Å²) in [4.78, 5) is 24.6. The molecule has 1 aromatic rings. The van der Waals surface area contributed by atoms with Crippen LogP contribution in [0.4, 0.5) is 0 Å². The van der Waals surface area contributed by atoms with E-state index >= 15 is 0 Å². The van der Waals surface area contributed by atoms with Crippen molar-refractivity contribution >= 4 is 23.5 Å². The van der Waals surface area contributed by atoms with Crippen LogP contribution >= 0.6 is 11.6 Å². The Kier molecular flexibility index (Phi) is 6.22. The lowest BCUT2D eigenvalue weighted by molar-refractivity contribution is -0.162. The van der Waals surface area contributed by atoms with Gasteiger partial charge in [0.05, 0.1) is 18.6 Å². The molecule has 0 fully saturated rings. The number of carbonyl (C=O) groups excluding carboxylic acids is 2. The largest absolute Gasteiger partial charge is 0.493 e. The number of hydrogen-bond donors (Lipinski definition) is 0. The van der Waals surface area contributed by atoms with E-state index in [9.17, 15) is 9.59 Å². The predicted octanol–water partition coefficient (Wildman–Crippen LogP) is 4.22. The van der Waals surface area contributed by atoms with Crippen molar-refractivity contribution in [3.05, 3.63) is 28.3 Å². The monoisotopic (exact) mass is 382 g/mol. The fraction of sp³-hybridized carbons (Fsp3) is 0.600. The first-order valence-corrected chi connectivity index (χ1v) is 9.29. The second kappa shape index (κ2) is 7.87. The molecule has 2 rings (SSSR count). The fourth-order valence-electron chi connectivity index (χ4n) is 2.98. The first kappa shape index (κ1) is 20.6. The van der Waals surface area contributed by atoms with Crippen LogP contribution in [-0.2, 0) is 30.9 Å². The van der Waals surface area contributed by atoms with Crippen LogP contribution in [0.15, 0.2) is 12.1 Å². The topological polar surface area (TPSA) is 61.8 Å². The minimum atomic E-state index is -0.843. The maximum Gasteiger partial charge on any atom is 0.317 e. The predicted molar refractivity (Wildman–Crippen MR) is 99.7 cm³/mol. The van der Waals surface area contributed by atoms with E-state index in [1.54, 1.807) is 19.1 Å². The summed E-state index contributed by atoms with van der Waals surface area (Å²) in [7, 11) is 0. The summed E-state index contributed by atoms with van der Waals surface area (Å²) in [6.07, 6.45) is 1.17. The quantitative estimate of drug-likeness (QED) is 0.713. The Bertz CT molecular complexity index is 692. The molecule has 1 aliphatic rings. The van der Waals surface area contributed by atoms with E-state index in [1.165, 1.54) is 0 Å². The molecule has 1 atom stereocenters. The molecule has 5 nitrogen and oxygen atoms in total. The molecule has 0 aromatic heterocycles. The van der Waals surface area contributed by atoms with Crippen molar-refractivity contribution < 1.29 is 23.8 Å². The molecule has 0 radical (unpaired) electrons. The van der Waals surface area contributed by atoms with E-state index in [0.29, 0.717) is 42.4 Å². The summed E-state index contributed by atoms with van der Waals surface area (Å²) < 4.78 is 16.5. The van der Waals surface area contributed by atoms with Gasteiger partial charge in [0, 0.05) is 23.4 Å². The number of rotatable bonds is 5. The Labute approximate surface area is 160 Å². The lowest BCUT2D eigenvalue weighted by atomic mass is 9.76. The van der Waals surface area contributed by atoms with Crippen LogP contribution in [0, 0.1) is 0 Å². The molecule has 6 heteroatoms. The van der Waals surface area contributed by atoms with E-state index in [0.717, 1.165) is 5.56 Å². The normalized spacial score (nSPS) is 19.3. The highest BCUT2D eigenvalue weighted by atomic mass is 35.5. The third-order valence-corrected chi connectivity index (χ3v) is 4.54. The van der Waals surface area contributed by atoms with Gasteiger partial charge in [-0.05, 0) is 58.7 Å². The third kappa shape index (κ3) is 4.70. The van der Waals surface area contributed by atoms with Gasteiger partial charge in [0.2, 0.25) is 0 Å². The minimum absolute atomic E-state index is 0.229. The third-order valence-electron chi connectivity index (χ3n) is 4.33. The van der Waals surface area contributed by atoms with Gasteiger partial charge in [-0.25, -0.2) is 0 Å². The molecule has 0 aliphatic carbocycles. The van der Waals surface area contributed by atoms with Gasteiger partial charge in [0.15, 0.2) is 0 Å². The average Bonchev–Trinajstić information content (AvgIpc) is 2.52. The maximum atomic E-state index is 12.9. The number of ether oxygens (including phenoxy) is 3. The highest BCUT2D eigenvalue weighted by Crippen LogP contribution is 2.44. The van der Waals surface area contributed by atoms with E-state index in [2.05, 4.69) is 0 Å². The van der Waals surface area contributed by atoms with Gasteiger partial charge in [0.25, 0.3) is 0 Å². The summed E-state index contributed by atoms with van der Waals surface area (Å²) in [5.74, 6) is 0.0541. The van der Waals surface area contributed by atoms with Gasteiger partial charge in [-0.3, -0.25) is 9.59 Å². The van der Waals surface area contributed by atoms with Crippen LogP contribution < -0.4 is 4.74 Å². The summed E-state index contributed by atoms with van der Waals surface area (Å²) in [5.41, 5.74) is 0.0910. The molecular weight excluding hydrogens is 356 g/mol. The van der Waals surface area contributed by atoms with E-state index in [1.807, 2.05) is 27.7 Å². The summed E-state index contributed by atoms with van der Waals surface area (Å²) in [6, 6.07) is 3.54. The van der Waals surface area contributed by atoms with Gasteiger partial charge in [-0.2, -0.15) is 0 Å². The van der Waals surface area contributed by atoms with Gasteiger partial charge in [-0.1, -0.05) is 11.6 Å². The Hall–Kier alpha value is -1.75. The van der Waals surface area contributed by atoms with Crippen molar-refractivity contribution in [1.82, 2.24) is 0 Å². The van der Waals surface area contributed by atoms with E-state index in [4.69, 9.17) is 25.8 Å². The van der Waals surface area contributed by atoms with Crippen molar-refractivity contribution in [1.29, 1.82) is 0 Å². The van der Waals surface area contributed by atoms with Crippen molar-refractivity contribution in [2.45, 2.75) is 64.9 Å². The lowest BCUT2D eigenvalue weighted by Crippen LogP contribution is -2.42. The molecule has 0 spiro atoms. The number of hydrogen-bond acceptors (Lipinski definition) is 5. The Morgan fingerprint density at radius 2 is 2.00 bits per heavy atom. The first-order valence-electron chi connectivity index (χ1n) is 8.91. The zero-order valence-corrected chi connectivity index (χ0v) is 16.9. The van der Waals surface area contributed by atoms with Crippen molar-refractivity contribution in [2.75, 3.05) is 13.2 Å². The lowest BCUT2D eigenvalue weighted by Gasteiger charge is -2.36. The van der Waals surface area contributed by atoms with Crippen LogP contribution in [0.3, 0.4) is 0 Å². The molecule has 1 aliphatic heterocycles. The van der Waals surface area contributed by atoms with Gasteiger partial charge < -0.3 is 14.2 Å². The van der Waals surface area contributed by atoms with Crippen molar-refractivity contribution in [3.8, 4) is 5.75 Å². The van der Waals surface area contributed by atoms with Crippen LogP contribution in [0.5, 0.6) is 5.75 Å². The average molecular weight is 383 g/mol. The molecule has 0 saturated heterocycles. The van der Waals surface area contributed by atoms with Crippen LogP contribution in [-0.4, -0.2) is 30.8 Å². The molecule has 0 bridgehead atoms. The Balaban J connectivity index is 2.36. The minimum Gasteiger partial charge on any atom is -0.493 e. The number of carbonyl (C=O) groups is 2. The van der Waals surface area contributed by atoms with Crippen LogP contribution in [0.2, 0.25) is 5.02 Å². The molecule has 0 amide bonds. The SMILES string of the molecule is CCOC(=O)CCc1cc(Cl)cc2c1OCCC2(C)C(=O)OC(C)(C)C. The van der Waals surface area contributed by atoms with E-state index in [-0.39, 0.29) is 18.4 Å². The van der Waals surface area contributed by atoms with Crippen molar-refractivity contribution in [2.24, 2.45) is 0 Å². The molecule has 1 heterocycles. The van der Waals surface area contributed by atoms with Gasteiger partial charge >= 0.3 is 11.9 Å². The molecule has 0 saturated carbocycles. The summed E-state index contributed by atoms with van der Waals surface area (Å²) in [6.45, 7) is 9.91. The van der Waals surface area contributed by atoms with Crippen LogP contribution in [0.1, 0.15) is 58.6 Å². The highest BCUT2D eigenvalue weighted by molar-refractivity contribution is 6.30. The number of esters is 2. The number of fused-ring (bicyclic) bond motifs is 1. The van der Waals surface area contributed by atoms with Gasteiger partial charge in [-0.15, -0.1) is 0 Å². The second-order valence-electron chi connectivity index (χ2n) is 7.68. The molecule has 1 aromatic carbocycles. The van der Waals surface area contributed by atoms with Gasteiger partial charge in [0.1, 0.15) is 11.4 Å². The van der Waals surface area contributed by atoms with E-state index < -0.39 is 11.0 Å². The number of aryl methyl sites for hydroxylation is 1. The molecule has 26 heavy (non-hydrogen) atoms. The second-order valence-corrected chi connectivity index (χ2v) is 8.12. The highest BCUT2D eigenvalue weighted by Gasteiger charge is 2.44. The molecule has 1 unspecified atom stereocenters. The molecular formula is C20H27ClO5. The standard InChI is InChI=1S/C20H27ClO5/c1-6-24-16(22)8-7-13-11-14(21)12-15-17(13)25-10-9-20(15,5)18(23)26-19(2,3)4/h11-12H,6-10H2,1-5H3. The molecule has 0 N–H and O–H groups in total. The molecule has 144 valence electrons. The number of benzene rings is 1. The van der Waals surface area contributed by atoms with Crippen molar-refractivity contribution in [3.63, 3.8) is 0 Å². The Morgan fingerprint density at radius 1 is 1.31 bits per heavy atom. The Morgan fingerprint density at radius 3 is 2.62 bits per heavy atom.